The van der Waals surface area contributed by atoms with E-state index in [1.165, 1.54) is 5.56 Å². The zero-order valence-corrected chi connectivity index (χ0v) is 11.9. The van der Waals surface area contributed by atoms with E-state index < -0.39 is 0 Å². The van der Waals surface area contributed by atoms with Crippen molar-refractivity contribution in [2.24, 2.45) is 0 Å². The van der Waals surface area contributed by atoms with Crippen LogP contribution in [0.25, 0.3) is 0 Å². The lowest BCUT2D eigenvalue weighted by atomic mass is 10.2. The largest absolute Gasteiger partial charge is 0.491 e. The Balaban J connectivity index is 1.93. The monoisotopic (exact) mass is 275 g/mol. The average Bonchev–Trinajstić information content (AvgIpc) is 2.37. The van der Waals surface area contributed by atoms with Crippen LogP contribution in [0.4, 0.5) is 5.69 Å². The molecule has 0 fully saturated rings. The summed E-state index contributed by atoms with van der Waals surface area (Å²) >= 11 is 5.94. The van der Waals surface area contributed by atoms with Gasteiger partial charge in [0.25, 0.3) is 0 Å². The van der Waals surface area contributed by atoms with E-state index in [1.807, 2.05) is 50.2 Å². The van der Waals surface area contributed by atoms with Gasteiger partial charge in [-0.25, -0.2) is 0 Å². The molecule has 0 aliphatic rings. The number of nitrogens with one attached hydrogen (secondary N) is 1. The quantitative estimate of drug-likeness (QED) is 0.851. The van der Waals surface area contributed by atoms with E-state index in [-0.39, 0.29) is 6.10 Å². The summed E-state index contributed by atoms with van der Waals surface area (Å²) in [5, 5.41) is 4.08. The van der Waals surface area contributed by atoms with E-state index in [9.17, 15) is 0 Å². The van der Waals surface area contributed by atoms with Crippen LogP contribution in [0.3, 0.4) is 0 Å². The highest BCUT2D eigenvalue weighted by Crippen LogP contribution is 2.17. The minimum Gasteiger partial charge on any atom is -0.491 e. The fourth-order valence-electron chi connectivity index (χ4n) is 1.76. The Morgan fingerprint density at radius 2 is 1.84 bits per heavy atom. The zero-order valence-electron chi connectivity index (χ0n) is 11.2. The smallest absolute Gasteiger partial charge is 0.119 e. The molecule has 1 N–H and O–H groups in total. The first-order valence-electron chi connectivity index (χ1n) is 6.38. The molecule has 100 valence electrons. The molecule has 0 unspecified atom stereocenters. The molecule has 2 aromatic rings. The van der Waals surface area contributed by atoms with Gasteiger partial charge in [-0.2, -0.15) is 0 Å². The van der Waals surface area contributed by atoms with Gasteiger partial charge in [0.1, 0.15) is 5.75 Å². The molecule has 3 heteroatoms. The van der Waals surface area contributed by atoms with Crippen molar-refractivity contribution in [3.8, 4) is 5.75 Å². The normalized spacial score (nSPS) is 10.5. The van der Waals surface area contributed by atoms with Gasteiger partial charge in [-0.05, 0) is 49.7 Å². The van der Waals surface area contributed by atoms with Gasteiger partial charge >= 0.3 is 0 Å². The molecule has 19 heavy (non-hydrogen) atoms. The number of ether oxygens (including phenoxy) is 1. The molecule has 0 atom stereocenters. The second kappa shape index (κ2) is 6.48. The van der Waals surface area contributed by atoms with Gasteiger partial charge in [-0.15, -0.1) is 0 Å². The number of hydrogen-bond acceptors (Lipinski definition) is 2. The van der Waals surface area contributed by atoms with E-state index in [0.717, 1.165) is 23.0 Å². The minimum atomic E-state index is 0.204. The third-order valence-corrected chi connectivity index (χ3v) is 2.85. The average molecular weight is 276 g/mol. The molecule has 0 bridgehead atoms. The molecule has 0 saturated heterocycles. The van der Waals surface area contributed by atoms with Crippen LogP contribution in [0.5, 0.6) is 5.75 Å². The van der Waals surface area contributed by atoms with Gasteiger partial charge in [0.2, 0.25) is 0 Å². The number of hydrogen-bond donors (Lipinski definition) is 1. The standard InChI is InChI=1S/C16H18ClNO/c1-12(2)19-16-8-6-13(7-9-16)11-18-15-5-3-4-14(17)10-15/h3-10,12,18H,11H2,1-2H3. The summed E-state index contributed by atoms with van der Waals surface area (Å²) in [6, 6.07) is 15.8. The maximum absolute atomic E-state index is 5.94. The highest BCUT2D eigenvalue weighted by molar-refractivity contribution is 6.30. The van der Waals surface area contributed by atoms with E-state index in [2.05, 4.69) is 17.4 Å². The maximum atomic E-state index is 5.94. The van der Waals surface area contributed by atoms with E-state index in [0.29, 0.717) is 0 Å². The Hall–Kier alpha value is -1.67. The van der Waals surface area contributed by atoms with Crippen LogP contribution in [0.2, 0.25) is 5.02 Å². The topological polar surface area (TPSA) is 21.3 Å². The second-order valence-electron chi connectivity index (χ2n) is 4.67. The minimum absolute atomic E-state index is 0.204. The third-order valence-electron chi connectivity index (χ3n) is 2.62. The van der Waals surface area contributed by atoms with Crippen molar-refractivity contribution < 1.29 is 4.74 Å². The number of rotatable bonds is 5. The van der Waals surface area contributed by atoms with E-state index in [4.69, 9.17) is 16.3 Å². The van der Waals surface area contributed by atoms with Crippen LogP contribution in [0, 0.1) is 0 Å². The van der Waals surface area contributed by atoms with Crippen LogP contribution >= 0.6 is 11.6 Å². The zero-order chi connectivity index (χ0) is 13.7. The molecule has 0 spiro atoms. The van der Waals surface area contributed by atoms with Crippen molar-refractivity contribution in [1.82, 2.24) is 0 Å². The van der Waals surface area contributed by atoms with Crippen molar-refractivity contribution in [3.05, 3.63) is 59.1 Å². The molecule has 0 radical (unpaired) electrons. The fraction of sp³-hybridized carbons (Fsp3) is 0.250. The van der Waals surface area contributed by atoms with Crippen molar-refractivity contribution in [2.75, 3.05) is 5.32 Å². The molecule has 0 aliphatic heterocycles. The Kier molecular flexibility index (Phi) is 4.69. The summed E-state index contributed by atoms with van der Waals surface area (Å²) in [6.07, 6.45) is 0.204. The van der Waals surface area contributed by atoms with Crippen molar-refractivity contribution in [1.29, 1.82) is 0 Å². The highest BCUT2D eigenvalue weighted by atomic mass is 35.5. The SMILES string of the molecule is CC(C)Oc1ccc(CNc2cccc(Cl)c2)cc1. The van der Waals surface area contributed by atoms with E-state index in [1.54, 1.807) is 0 Å². The second-order valence-corrected chi connectivity index (χ2v) is 5.11. The van der Waals surface area contributed by atoms with Gasteiger partial charge < -0.3 is 10.1 Å². The molecule has 0 amide bonds. The molecule has 0 aliphatic carbocycles. The summed E-state index contributed by atoms with van der Waals surface area (Å²) in [5.74, 6) is 0.904. The van der Waals surface area contributed by atoms with E-state index >= 15 is 0 Å². The lowest BCUT2D eigenvalue weighted by Gasteiger charge is -2.11. The van der Waals surface area contributed by atoms with Gasteiger partial charge in [0, 0.05) is 17.3 Å². The predicted molar refractivity (Wildman–Crippen MR) is 81.0 cm³/mol. The fourth-order valence-corrected chi connectivity index (χ4v) is 1.95. The van der Waals surface area contributed by atoms with Crippen molar-refractivity contribution in [2.45, 2.75) is 26.5 Å². The van der Waals surface area contributed by atoms with Gasteiger partial charge in [0.15, 0.2) is 0 Å². The summed E-state index contributed by atoms with van der Waals surface area (Å²) in [5.41, 5.74) is 2.23. The molecule has 0 heterocycles. The number of benzene rings is 2. The van der Waals surface area contributed by atoms with Crippen LogP contribution in [0.1, 0.15) is 19.4 Å². The molecular formula is C16H18ClNO. The molecule has 0 aromatic heterocycles. The van der Waals surface area contributed by atoms with Crippen LogP contribution < -0.4 is 10.1 Å². The van der Waals surface area contributed by atoms with Gasteiger partial charge in [-0.3, -0.25) is 0 Å². The van der Waals surface area contributed by atoms with Gasteiger partial charge in [-0.1, -0.05) is 29.8 Å². The molecule has 2 nitrogen and oxygen atoms in total. The molecule has 2 aromatic carbocycles. The lowest BCUT2D eigenvalue weighted by molar-refractivity contribution is 0.242. The number of halogens is 1. The summed E-state index contributed by atoms with van der Waals surface area (Å²) in [4.78, 5) is 0. The molecule has 2 rings (SSSR count). The highest BCUT2D eigenvalue weighted by Gasteiger charge is 1.99. The predicted octanol–water partition coefficient (Wildman–Crippen LogP) is 4.74. The Labute approximate surface area is 119 Å². The first kappa shape index (κ1) is 13.8. The first-order valence-corrected chi connectivity index (χ1v) is 6.76. The van der Waals surface area contributed by atoms with Gasteiger partial charge in [0.05, 0.1) is 6.10 Å². The van der Waals surface area contributed by atoms with Crippen molar-refractivity contribution >= 4 is 17.3 Å². The third kappa shape index (κ3) is 4.49. The van der Waals surface area contributed by atoms with Crippen LogP contribution in [-0.2, 0) is 6.54 Å². The van der Waals surface area contributed by atoms with Crippen LogP contribution in [-0.4, -0.2) is 6.10 Å². The maximum Gasteiger partial charge on any atom is 0.119 e. The Morgan fingerprint density at radius 1 is 1.11 bits per heavy atom. The first-order chi connectivity index (χ1) is 9.13. The summed E-state index contributed by atoms with van der Waals surface area (Å²) in [7, 11) is 0. The molecule has 0 saturated carbocycles. The lowest BCUT2D eigenvalue weighted by Crippen LogP contribution is -2.05. The molecular weight excluding hydrogens is 258 g/mol. The number of anilines is 1. The summed E-state index contributed by atoms with van der Waals surface area (Å²) < 4.78 is 5.61. The Bertz CT molecular complexity index is 523. The van der Waals surface area contributed by atoms with Crippen molar-refractivity contribution in [3.63, 3.8) is 0 Å². The Morgan fingerprint density at radius 3 is 2.47 bits per heavy atom. The summed E-state index contributed by atoms with van der Waals surface area (Å²) in [6.45, 7) is 4.81. The van der Waals surface area contributed by atoms with Crippen LogP contribution in [0.15, 0.2) is 48.5 Å².